The van der Waals surface area contributed by atoms with Crippen LogP contribution in [0.5, 0.6) is 0 Å². The van der Waals surface area contributed by atoms with Crippen LogP contribution in [0.1, 0.15) is 94.9 Å². The molecule has 0 heterocycles. The fourth-order valence-corrected chi connectivity index (χ4v) is 5.78. The van der Waals surface area contributed by atoms with Gasteiger partial charge in [0.2, 0.25) is 0 Å². The van der Waals surface area contributed by atoms with Gasteiger partial charge in [-0.1, -0.05) is 55.0 Å². The Morgan fingerprint density at radius 2 is 1.40 bits per heavy atom. The van der Waals surface area contributed by atoms with Crippen molar-refractivity contribution in [1.82, 2.24) is 5.32 Å². The Kier molecular flexibility index (Phi) is 8.97. The van der Waals surface area contributed by atoms with Crippen molar-refractivity contribution >= 4 is 13.8 Å². The SMILES string of the molecule is C=C(CC(C)(C)CC(C)(C)C)NC(C)(C)CC(C)(C)CC[P+](=C)CC. The Morgan fingerprint density at radius 3 is 1.84 bits per heavy atom. The molecule has 0 aromatic carbocycles. The van der Waals surface area contributed by atoms with E-state index in [1.165, 1.54) is 30.9 Å². The third-order valence-corrected chi connectivity index (χ3v) is 6.44. The number of hydrogen-bond donors (Lipinski definition) is 1. The maximum Gasteiger partial charge on any atom is 0.106 e. The molecule has 0 aliphatic carbocycles. The topological polar surface area (TPSA) is 12.0 Å². The van der Waals surface area contributed by atoms with Crippen LogP contribution in [0.4, 0.5) is 0 Å². The highest BCUT2D eigenvalue weighted by atomic mass is 31.1. The number of allylic oxidation sites excluding steroid dienone is 1. The van der Waals surface area contributed by atoms with E-state index in [9.17, 15) is 0 Å². The fourth-order valence-electron chi connectivity index (χ4n) is 4.55. The second-order valence-electron chi connectivity index (χ2n) is 11.5. The fraction of sp³-hybridized carbons (Fsp3) is 0.870. The zero-order valence-corrected chi connectivity index (χ0v) is 20.0. The van der Waals surface area contributed by atoms with Gasteiger partial charge in [-0.25, -0.2) is 0 Å². The molecular formula is C23H47NP+. The summed E-state index contributed by atoms with van der Waals surface area (Å²) in [5.74, 6) is 0. The largest absolute Gasteiger partial charge is 0.384 e. The van der Waals surface area contributed by atoms with Gasteiger partial charge >= 0.3 is 0 Å². The normalized spacial score (nSPS) is 14.4. The van der Waals surface area contributed by atoms with E-state index >= 15 is 0 Å². The van der Waals surface area contributed by atoms with Gasteiger partial charge in [0, 0.05) is 11.2 Å². The summed E-state index contributed by atoms with van der Waals surface area (Å²) < 4.78 is 0. The first-order valence-electron chi connectivity index (χ1n) is 9.98. The lowest BCUT2D eigenvalue weighted by Gasteiger charge is -2.39. The lowest BCUT2D eigenvalue weighted by Crippen LogP contribution is -2.43. The van der Waals surface area contributed by atoms with Crippen LogP contribution in [0.3, 0.4) is 0 Å². The third-order valence-electron chi connectivity index (χ3n) is 4.69. The maximum absolute atomic E-state index is 4.35. The average molecular weight is 369 g/mol. The average Bonchev–Trinajstić information content (AvgIpc) is 2.29. The third kappa shape index (κ3) is 12.7. The molecule has 2 heteroatoms. The van der Waals surface area contributed by atoms with Gasteiger partial charge in [-0.15, -0.1) is 0 Å². The summed E-state index contributed by atoms with van der Waals surface area (Å²) in [6.45, 7) is 27.8. The van der Waals surface area contributed by atoms with Crippen LogP contribution in [0.15, 0.2) is 12.3 Å². The van der Waals surface area contributed by atoms with E-state index in [2.05, 4.69) is 87.4 Å². The van der Waals surface area contributed by atoms with Gasteiger partial charge in [-0.3, -0.25) is 0 Å². The maximum atomic E-state index is 4.35. The number of rotatable bonds is 11. The van der Waals surface area contributed by atoms with Gasteiger partial charge in [-0.05, 0) is 62.7 Å². The Hall–Kier alpha value is -0.290. The van der Waals surface area contributed by atoms with Crippen molar-refractivity contribution < 1.29 is 0 Å². The molecule has 0 aromatic rings. The van der Waals surface area contributed by atoms with E-state index in [1.54, 1.807) is 0 Å². The molecule has 25 heavy (non-hydrogen) atoms. The molecular weight excluding hydrogens is 321 g/mol. The summed E-state index contributed by atoms with van der Waals surface area (Å²) in [6, 6.07) is 0. The van der Waals surface area contributed by atoms with Gasteiger partial charge in [0.1, 0.15) is 12.3 Å². The van der Waals surface area contributed by atoms with Crippen LogP contribution in [0.2, 0.25) is 0 Å². The minimum Gasteiger partial charge on any atom is -0.384 e. The van der Waals surface area contributed by atoms with Crippen molar-refractivity contribution in [2.24, 2.45) is 16.2 Å². The molecule has 0 aromatic heterocycles. The standard InChI is InChI=1S/C23H47NP/c1-13-25(12)15-14-21(6,7)18-23(10,11)24-19(2)16-22(8,9)17-20(3,4)5/h24H,2,12-18H2,1,3-11H3/q+1. The van der Waals surface area contributed by atoms with Crippen molar-refractivity contribution in [2.75, 3.05) is 12.3 Å². The van der Waals surface area contributed by atoms with Gasteiger partial charge in [0.05, 0.1) is 13.8 Å². The molecule has 1 atom stereocenters. The van der Waals surface area contributed by atoms with Crippen molar-refractivity contribution in [2.45, 2.75) is 100 Å². The van der Waals surface area contributed by atoms with Gasteiger partial charge < -0.3 is 5.32 Å². The highest BCUT2D eigenvalue weighted by Gasteiger charge is 2.32. The molecule has 0 fully saturated rings. The van der Waals surface area contributed by atoms with Crippen molar-refractivity contribution in [3.8, 4) is 0 Å². The second kappa shape index (κ2) is 9.07. The Labute approximate surface area is 160 Å². The first-order valence-corrected chi connectivity index (χ1v) is 11.9. The van der Waals surface area contributed by atoms with E-state index in [-0.39, 0.29) is 18.5 Å². The molecule has 0 saturated carbocycles. The van der Waals surface area contributed by atoms with Gasteiger partial charge in [0.15, 0.2) is 0 Å². The van der Waals surface area contributed by atoms with E-state index in [0.717, 1.165) is 12.8 Å². The summed E-state index contributed by atoms with van der Waals surface area (Å²) in [4.78, 5) is 0. The van der Waals surface area contributed by atoms with E-state index in [1.807, 2.05) is 0 Å². The van der Waals surface area contributed by atoms with Crippen LogP contribution in [-0.2, 0) is 0 Å². The molecule has 1 nitrogen and oxygen atoms in total. The highest BCUT2D eigenvalue weighted by molar-refractivity contribution is 7.55. The molecule has 1 N–H and O–H groups in total. The molecule has 0 saturated heterocycles. The molecule has 0 radical (unpaired) electrons. The summed E-state index contributed by atoms with van der Waals surface area (Å²) in [5, 5.41) is 3.75. The smallest absolute Gasteiger partial charge is 0.106 e. The Bertz CT molecular complexity index is 449. The Morgan fingerprint density at radius 1 is 0.880 bits per heavy atom. The molecule has 148 valence electrons. The molecule has 0 bridgehead atoms. The van der Waals surface area contributed by atoms with Crippen LogP contribution < -0.4 is 5.32 Å². The van der Waals surface area contributed by atoms with Gasteiger partial charge in [0.25, 0.3) is 0 Å². The first kappa shape index (κ1) is 24.7. The summed E-state index contributed by atoms with van der Waals surface area (Å²) in [6.07, 6.45) is 11.5. The van der Waals surface area contributed by atoms with Crippen LogP contribution >= 0.6 is 7.55 Å². The lowest BCUT2D eigenvalue weighted by molar-refractivity contribution is 0.195. The summed E-state index contributed by atoms with van der Waals surface area (Å²) in [5.41, 5.74) is 2.23. The summed E-state index contributed by atoms with van der Waals surface area (Å²) in [7, 11) is -0.0210. The summed E-state index contributed by atoms with van der Waals surface area (Å²) >= 11 is 0. The number of hydrogen-bond acceptors (Lipinski definition) is 1. The van der Waals surface area contributed by atoms with Crippen LogP contribution in [0.25, 0.3) is 0 Å². The molecule has 0 amide bonds. The zero-order chi connectivity index (χ0) is 20.1. The van der Waals surface area contributed by atoms with Crippen molar-refractivity contribution in [1.29, 1.82) is 0 Å². The molecule has 0 aliphatic heterocycles. The minimum absolute atomic E-state index is 0.0210. The first-order chi connectivity index (χ1) is 11.0. The highest BCUT2D eigenvalue weighted by Crippen LogP contribution is 2.39. The zero-order valence-electron chi connectivity index (χ0n) is 19.1. The monoisotopic (exact) mass is 368 g/mol. The minimum atomic E-state index is -0.0210. The molecule has 0 rings (SSSR count). The second-order valence-corrected chi connectivity index (χ2v) is 13.9. The van der Waals surface area contributed by atoms with Gasteiger partial charge in [-0.2, -0.15) is 0 Å². The van der Waals surface area contributed by atoms with Crippen LogP contribution in [-0.4, -0.2) is 24.2 Å². The molecule has 0 spiro atoms. The lowest BCUT2D eigenvalue weighted by atomic mass is 9.73. The predicted molar refractivity (Wildman–Crippen MR) is 121 cm³/mol. The van der Waals surface area contributed by atoms with E-state index < -0.39 is 0 Å². The van der Waals surface area contributed by atoms with E-state index in [0.29, 0.717) is 10.8 Å². The van der Waals surface area contributed by atoms with Crippen LogP contribution in [0, 0.1) is 16.2 Å². The molecule has 1 unspecified atom stereocenters. The van der Waals surface area contributed by atoms with Crippen molar-refractivity contribution in [3.63, 3.8) is 0 Å². The van der Waals surface area contributed by atoms with E-state index in [4.69, 9.17) is 0 Å². The quantitative estimate of drug-likeness (QED) is 0.373. The predicted octanol–water partition coefficient (Wildman–Crippen LogP) is 7.46. The number of nitrogens with one attached hydrogen (secondary N) is 1. The Balaban J connectivity index is 4.68. The van der Waals surface area contributed by atoms with Crippen molar-refractivity contribution in [3.05, 3.63) is 12.3 Å². The molecule has 0 aliphatic rings.